The van der Waals surface area contributed by atoms with Crippen molar-refractivity contribution in [1.29, 1.82) is 0 Å². The van der Waals surface area contributed by atoms with Crippen LogP contribution in [0.5, 0.6) is 5.88 Å². The second kappa shape index (κ2) is 7.36. The number of aromatic nitrogens is 2. The maximum absolute atomic E-state index is 6.18. The Bertz CT molecular complexity index is 637. The highest BCUT2D eigenvalue weighted by Gasteiger charge is 2.25. The molecular weight excluding hydrogens is 302 g/mol. The van der Waals surface area contributed by atoms with Crippen LogP contribution in [0.25, 0.3) is 0 Å². The highest BCUT2D eigenvalue weighted by atomic mass is 16.5. The SMILES string of the molecule is c1ccc(O[C@H]2CN(CC3CCOCC3)Cc3cccn3C2)nc1. The summed E-state index contributed by atoms with van der Waals surface area (Å²) >= 11 is 0. The first-order valence-electron chi connectivity index (χ1n) is 8.88. The van der Waals surface area contributed by atoms with Gasteiger partial charge < -0.3 is 14.0 Å². The first-order chi connectivity index (χ1) is 11.9. The Morgan fingerprint density at radius 3 is 2.88 bits per heavy atom. The molecule has 0 bridgehead atoms. The van der Waals surface area contributed by atoms with Gasteiger partial charge in [-0.05, 0) is 37.0 Å². The molecule has 0 radical (unpaired) electrons. The summed E-state index contributed by atoms with van der Waals surface area (Å²) in [6.07, 6.45) is 6.40. The molecule has 5 nitrogen and oxygen atoms in total. The lowest BCUT2D eigenvalue weighted by Crippen LogP contribution is -2.38. The molecule has 0 aromatic carbocycles. The van der Waals surface area contributed by atoms with Gasteiger partial charge in [-0.15, -0.1) is 0 Å². The molecule has 1 atom stereocenters. The summed E-state index contributed by atoms with van der Waals surface area (Å²) in [5.74, 6) is 1.44. The first kappa shape index (κ1) is 15.7. The Morgan fingerprint density at radius 2 is 2.04 bits per heavy atom. The minimum atomic E-state index is 0.119. The molecule has 1 saturated heterocycles. The maximum atomic E-state index is 6.18. The summed E-state index contributed by atoms with van der Waals surface area (Å²) in [6, 6.07) is 10.2. The predicted octanol–water partition coefficient (Wildman–Crippen LogP) is 2.57. The molecular formula is C19H25N3O2. The van der Waals surface area contributed by atoms with Crippen molar-refractivity contribution in [3.8, 4) is 5.88 Å². The van der Waals surface area contributed by atoms with Gasteiger partial charge in [0.2, 0.25) is 5.88 Å². The zero-order chi connectivity index (χ0) is 16.2. The Morgan fingerprint density at radius 1 is 1.12 bits per heavy atom. The van der Waals surface area contributed by atoms with E-state index in [1.807, 2.05) is 18.2 Å². The van der Waals surface area contributed by atoms with Crippen LogP contribution >= 0.6 is 0 Å². The van der Waals surface area contributed by atoms with E-state index in [-0.39, 0.29) is 6.10 Å². The number of fused-ring (bicyclic) bond motifs is 1. The number of hydrogen-bond donors (Lipinski definition) is 0. The largest absolute Gasteiger partial charge is 0.471 e. The van der Waals surface area contributed by atoms with Crippen molar-refractivity contribution in [2.45, 2.75) is 32.0 Å². The molecule has 24 heavy (non-hydrogen) atoms. The van der Waals surface area contributed by atoms with Gasteiger partial charge in [0.25, 0.3) is 0 Å². The van der Waals surface area contributed by atoms with E-state index < -0.39 is 0 Å². The van der Waals surface area contributed by atoms with E-state index in [1.165, 1.54) is 18.5 Å². The summed E-state index contributed by atoms with van der Waals surface area (Å²) in [5.41, 5.74) is 1.37. The van der Waals surface area contributed by atoms with Crippen LogP contribution in [0.4, 0.5) is 0 Å². The van der Waals surface area contributed by atoms with E-state index in [2.05, 4.69) is 32.8 Å². The van der Waals surface area contributed by atoms with Crippen LogP contribution in [0.15, 0.2) is 42.7 Å². The van der Waals surface area contributed by atoms with Crippen molar-refractivity contribution in [2.75, 3.05) is 26.3 Å². The lowest BCUT2D eigenvalue weighted by Gasteiger charge is -2.30. The van der Waals surface area contributed by atoms with Gasteiger partial charge in [0.1, 0.15) is 6.10 Å². The van der Waals surface area contributed by atoms with Crippen molar-refractivity contribution in [3.63, 3.8) is 0 Å². The van der Waals surface area contributed by atoms with Gasteiger partial charge in [0.15, 0.2) is 0 Å². The monoisotopic (exact) mass is 327 g/mol. The molecule has 0 amide bonds. The molecule has 4 rings (SSSR count). The number of ether oxygens (including phenoxy) is 2. The van der Waals surface area contributed by atoms with E-state index in [9.17, 15) is 0 Å². The van der Waals surface area contributed by atoms with Crippen LogP contribution < -0.4 is 4.74 Å². The van der Waals surface area contributed by atoms with Gasteiger partial charge >= 0.3 is 0 Å². The maximum Gasteiger partial charge on any atom is 0.213 e. The van der Waals surface area contributed by atoms with E-state index >= 15 is 0 Å². The van der Waals surface area contributed by atoms with E-state index in [1.54, 1.807) is 6.20 Å². The molecule has 4 heterocycles. The smallest absolute Gasteiger partial charge is 0.213 e. The van der Waals surface area contributed by atoms with Crippen molar-refractivity contribution < 1.29 is 9.47 Å². The fourth-order valence-electron chi connectivity index (χ4n) is 3.73. The Labute approximate surface area is 143 Å². The van der Waals surface area contributed by atoms with Crippen molar-refractivity contribution in [1.82, 2.24) is 14.5 Å². The standard InChI is InChI=1S/C19H25N3O2/c1-2-8-20-19(5-1)24-18-14-21(12-16-6-10-23-11-7-16)13-17-4-3-9-22(17)15-18/h1-5,8-9,16,18H,6-7,10-15H2/t18-/m0/s1. The molecule has 0 spiro atoms. The van der Waals surface area contributed by atoms with Gasteiger partial charge in [-0.1, -0.05) is 6.07 Å². The number of nitrogens with zero attached hydrogens (tertiary/aromatic N) is 3. The lowest BCUT2D eigenvalue weighted by atomic mass is 9.99. The van der Waals surface area contributed by atoms with E-state index in [4.69, 9.17) is 9.47 Å². The molecule has 1 fully saturated rings. The van der Waals surface area contributed by atoms with Crippen LogP contribution in [-0.4, -0.2) is 46.9 Å². The third kappa shape index (κ3) is 3.79. The fourth-order valence-corrected chi connectivity index (χ4v) is 3.73. The average Bonchev–Trinajstić information content (AvgIpc) is 2.96. The normalized spacial score (nSPS) is 22.8. The van der Waals surface area contributed by atoms with E-state index in [0.29, 0.717) is 5.88 Å². The lowest BCUT2D eigenvalue weighted by molar-refractivity contribution is 0.0439. The predicted molar refractivity (Wildman–Crippen MR) is 91.9 cm³/mol. The molecule has 5 heteroatoms. The van der Waals surface area contributed by atoms with Gasteiger partial charge in [0, 0.05) is 57.0 Å². The van der Waals surface area contributed by atoms with Gasteiger partial charge in [-0.3, -0.25) is 4.90 Å². The van der Waals surface area contributed by atoms with Crippen molar-refractivity contribution in [3.05, 3.63) is 48.4 Å². The second-order valence-corrected chi connectivity index (χ2v) is 6.81. The van der Waals surface area contributed by atoms with Gasteiger partial charge in [-0.2, -0.15) is 0 Å². The zero-order valence-electron chi connectivity index (χ0n) is 14.0. The summed E-state index contributed by atoms with van der Waals surface area (Å²) in [5, 5.41) is 0. The van der Waals surface area contributed by atoms with Crippen LogP contribution in [0.3, 0.4) is 0 Å². The minimum Gasteiger partial charge on any atom is -0.471 e. The molecule has 0 saturated carbocycles. The molecule has 2 aliphatic heterocycles. The highest BCUT2D eigenvalue weighted by molar-refractivity contribution is 5.12. The van der Waals surface area contributed by atoms with E-state index in [0.717, 1.165) is 45.3 Å². The van der Waals surface area contributed by atoms with Crippen molar-refractivity contribution >= 4 is 0 Å². The molecule has 128 valence electrons. The van der Waals surface area contributed by atoms with Crippen molar-refractivity contribution in [2.24, 2.45) is 5.92 Å². The summed E-state index contributed by atoms with van der Waals surface area (Å²) in [6.45, 7) is 5.74. The topological polar surface area (TPSA) is 39.5 Å². The molecule has 2 aromatic heterocycles. The van der Waals surface area contributed by atoms with Gasteiger partial charge in [-0.25, -0.2) is 4.98 Å². The fraction of sp³-hybridized carbons (Fsp3) is 0.526. The molecule has 0 aliphatic carbocycles. The van der Waals surface area contributed by atoms with Crippen LogP contribution in [-0.2, 0) is 17.8 Å². The third-order valence-electron chi connectivity index (χ3n) is 4.95. The Hall–Kier alpha value is -1.85. The molecule has 2 aromatic rings. The molecule has 0 N–H and O–H groups in total. The van der Waals surface area contributed by atoms with Crippen LogP contribution in [0.1, 0.15) is 18.5 Å². The molecule has 0 unspecified atom stereocenters. The minimum absolute atomic E-state index is 0.119. The van der Waals surface area contributed by atoms with Gasteiger partial charge in [0.05, 0.1) is 6.54 Å². The second-order valence-electron chi connectivity index (χ2n) is 6.81. The highest BCUT2D eigenvalue weighted by Crippen LogP contribution is 2.21. The number of rotatable bonds is 4. The summed E-state index contributed by atoms with van der Waals surface area (Å²) < 4.78 is 14.0. The molecule has 2 aliphatic rings. The zero-order valence-corrected chi connectivity index (χ0v) is 14.0. The third-order valence-corrected chi connectivity index (χ3v) is 4.95. The summed E-state index contributed by atoms with van der Waals surface area (Å²) in [7, 11) is 0. The summed E-state index contributed by atoms with van der Waals surface area (Å²) in [4.78, 5) is 6.87. The average molecular weight is 327 g/mol. The van der Waals surface area contributed by atoms with Crippen LogP contribution in [0, 0.1) is 5.92 Å². The first-order valence-corrected chi connectivity index (χ1v) is 8.88. The Balaban J connectivity index is 1.47. The Kier molecular flexibility index (Phi) is 4.81. The quantitative estimate of drug-likeness (QED) is 0.865. The number of hydrogen-bond acceptors (Lipinski definition) is 4. The number of pyridine rings is 1. The van der Waals surface area contributed by atoms with Crippen LogP contribution in [0.2, 0.25) is 0 Å².